The Balaban J connectivity index is 2.12. The van der Waals surface area contributed by atoms with Gasteiger partial charge in [-0.25, -0.2) is 8.78 Å². The number of alkyl halides is 2. The fourth-order valence-corrected chi connectivity index (χ4v) is 2.04. The lowest BCUT2D eigenvalue weighted by molar-refractivity contribution is -0.139. The van der Waals surface area contributed by atoms with Gasteiger partial charge in [-0.1, -0.05) is 0 Å². The largest absolute Gasteiger partial charge is 0.299 e. The number of hydrogen-bond donors (Lipinski definition) is 0. The Morgan fingerprint density at radius 3 is 2.58 bits per heavy atom. The van der Waals surface area contributed by atoms with Crippen molar-refractivity contribution in [1.29, 1.82) is 0 Å². The molecule has 0 amide bonds. The topological polar surface area (TPSA) is 34.1 Å². The van der Waals surface area contributed by atoms with Crippen molar-refractivity contribution in [3.05, 3.63) is 0 Å². The molecule has 0 aromatic heterocycles. The van der Waals surface area contributed by atoms with E-state index in [0.29, 0.717) is 6.42 Å². The van der Waals surface area contributed by atoms with Crippen molar-refractivity contribution in [3.63, 3.8) is 0 Å². The second-order valence-electron chi connectivity index (χ2n) is 3.51. The molecule has 66 valence electrons. The molecule has 0 aromatic carbocycles. The van der Waals surface area contributed by atoms with Gasteiger partial charge in [0, 0.05) is 6.42 Å². The summed E-state index contributed by atoms with van der Waals surface area (Å²) in [4.78, 5) is 21.8. The highest BCUT2D eigenvalue weighted by Gasteiger charge is 2.57. The molecule has 2 saturated carbocycles. The average molecular weight is 174 g/mol. The zero-order valence-electron chi connectivity index (χ0n) is 6.30. The Kier molecular flexibility index (Phi) is 1.53. The number of halogens is 2. The van der Waals surface area contributed by atoms with Gasteiger partial charge in [0.15, 0.2) is 0 Å². The van der Waals surface area contributed by atoms with Crippen molar-refractivity contribution in [2.45, 2.75) is 19.3 Å². The van der Waals surface area contributed by atoms with Crippen LogP contribution >= 0.6 is 0 Å². The second-order valence-corrected chi connectivity index (χ2v) is 3.51. The molecular formula is C8H8F2O2. The molecule has 2 rings (SSSR count). The second kappa shape index (κ2) is 2.34. The summed E-state index contributed by atoms with van der Waals surface area (Å²) >= 11 is 0. The highest BCUT2D eigenvalue weighted by atomic mass is 19.3. The zero-order chi connectivity index (χ0) is 8.88. The number of ketones is 2. The normalized spacial score (nSPS) is 38.6. The molecule has 0 bridgehead atoms. The predicted octanol–water partition coefficient (Wildman–Crippen LogP) is 1.05. The van der Waals surface area contributed by atoms with E-state index >= 15 is 0 Å². The van der Waals surface area contributed by atoms with E-state index in [1.54, 1.807) is 0 Å². The molecule has 0 saturated heterocycles. The summed E-state index contributed by atoms with van der Waals surface area (Å²) in [6, 6.07) is 0. The third-order valence-corrected chi connectivity index (χ3v) is 2.74. The third kappa shape index (κ3) is 0.974. The Bertz CT molecular complexity index is 249. The molecule has 2 aliphatic rings. The Hall–Kier alpha value is -0.800. The van der Waals surface area contributed by atoms with E-state index in [2.05, 4.69) is 0 Å². The molecule has 12 heavy (non-hydrogen) atoms. The van der Waals surface area contributed by atoms with Gasteiger partial charge in [0.25, 0.3) is 6.43 Å². The van der Waals surface area contributed by atoms with E-state index < -0.39 is 18.1 Å². The molecule has 0 aromatic rings. The lowest BCUT2D eigenvalue weighted by atomic mass is 9.97. The first-order valence-corrected chi connectivity index (χ1v) is 3.96. The maximum atomic E-state index is 11.9. The van der Waals surface area contributed by atoms with Gasteiger partial charge in [-0.3, -0.25) is 9.59 Å². The first kappa shape index (κ1) is 7.83. The molecular weight excluding hydrogens is 166 g/mol. The first-order chi connectivity index (χ1) is 5.61. The molecule has 0 heterocycles. The molecule has 2 aliphatic carbocycles. The molecule has 4 heteroatoms. The quantitative estimate of drug-likeness (QED) is 0.586. The van der Waals surface area contributed by atoms with Gasteiger partial charge >= 0.3 is 0 Å². The van der Waals surface area contributed by atoms with Gasteiger partial charge in [0.1, 0.15) is 5.78 Å². The van der Waals surface area contributed by atoms with E-state index in [0.717, 1.165) is 6.42 Å². The fraction of sp³-hybridized carbons (Fsp3) is 0.750. The SMILES string of the molecule is O=C1C[C@@H]2C[C@@H]2C1C(=O)C(F)F. The molecule has 0 N–H and O–H groups in total. The predicted molar refractivity (Wildman–Crippen MR) is 35.7 cm³/mol. The minimum atomic E-state index is -2.97. The highest BCUT2D eigenvalue weighted by molar-refractivity contribution is 6.06. The van der Waals surface area contributed by atoms with Crippen LogP contribution in [0.1, 0.15) is 12.8 Å². The van der Waals surface area contributed by atoms with Crippen LogP contribution in [0.15, 0.2) is 0 Å². The van der Waals surface area contributed by atoms with E-state index in [1.807, 2.05) is 0 Å². The van der Waals surface area contributed by atoms with E-state index in [-0.39, 0.29) is 17.6 Å². The summed E-state index contributed by atoms with van der Waals surface area (Å²) in [5.41, 5.74) is 0. The van der Waals surface area contributed by atoms with Crippen LogP contribution in [0.2, 0.25) is 0 Å². The zero-order valence-corrected chi connectivity index (χ0v) is 6.30. The lowest BCUT2D eigenvalue weighted by Crippen LogP contribution is -2.27. The van der Waals surface area contributed by atoms with Crippen molar-refractivity contribution in [2.24, 2.45) is 17.8 Å². The Labute approximate surface area is 67.9 Å². The number of rotatable bonds is 2. The average Bonchev–Trinajstić information content (AvgIpc) is 2.62. The van der Waals surface area contributed by atoms with Crippen molar-refractivity contribution >= 4 is 11.6 Å². The molecule has 0 radical (unpaired) electrons. The standard InChI is InChI=1S/C8H8F2O2/c9-8(10)7(12)6-4-1-3(4)2-5(6)11/h3-4,6,8H,1-2H2/t3-,4-,6?/m0/s1. The van der Waals surface area contributed by atoms with E-state index in [9.17, 15) is 18.4 Å². The minimum Gasteiger partial charge on any atom is -0.299 e. The van der Waals surface area contributed by atoms with Gasteiger partial charge in [-0.2, -0.15) is 0 Å². The molecule has 3 atom stereocenters. The van der Waals surface area contributed by atoms with Gasteiger partial charge in [-0.05, 0) is 18.3 Å². The van der Waals surface area contributed by atoms with Gasteiger partial charge in [-0.15, -0.1) is 0 Å². The van der Waals surface area contributed by atoms with Gasteiger partial charge in [0.05, 0.1) is 5.92 Å². The number of fused-ring (bicyclic) bond motifs is 1. The summed E-state index contributed by atoms with van der Waals surface area (Å²) in [5.74, 6) is -2.20. The van der Waals surface area contributed by atoms with Crippen LogP contribution in [0.5, 0.6) is 0 Å². The summed E-state index contributed by atoms with van der Waals surface area (Å²) < 4.78 is 23.9. The van der Waals surface area contributed by atoms with Crippen LogP contribution in [0.4, 0.5) is 8.78 Å². The molecule has 0 spiro atoms. The van der Waals surface area contributed by atoms with Crippen molar-refractivity contribution < 1.29 is 18.4 Å². The summed E-state index contributed by atoms with van der Waals surface area (Å²) in [5, 5.41) is 0. The van der Waals surface area contributed by atoms with E-state index in [4.69, 9.17) is 0 Å². The summed E-state index contributed by atoms with van der Waals surface area (Å²) in [6.45, 7) is 0. The number of hydrogen-bond acceptors (Lipinski definition) is 2. The summed E-state index contributed by atoms with van der Waals surface area (Å²) in [6.07, 6.45) is -1.85. The molecule has 1 unspecified atom stereocenters. The number of carbonyl (C=O) groups is 2. The smallest absolute Gasteiger partial charge is 0.296 e. The Morgan fingerprint density at radius 1 is 1.50 bits per heavy atom. The van der Waals surface area contributed by atoms with Crippen LogP contribution in [0, 0.1) is 17.8 Å². The van der Waals surface area contributed by atoms with Gasteiger partial charge < -0.3 is 0 Å². The van der Waals surface area contributed by atoms with E-state index in [1.165, 1.54) is 0 Å². The maximum absolute atomic E-state index is 11.9. The van der Waals surface area contributed by atoms with Crippen molar-refractivity contribution in [1.82, 2.24) is 0 Å². The van der Waals surface area contributed by atoms with Gasteiger partial charge in [0.2, 0.25) is 5.78 Å². The van der Waals surface area contributed by atoms with Crippen molar-refractivity contribution in [3.8, 4) is 0 Å². The summed E-state index contributed by atoms with van der Waals surface area (Å²) in [7, 11) is 0. The fourth-order valence-electron chi connectivity index (χ4n) is 2.04. The first-order valence-electron chi connectivity index (χ1n) is 3.96. The molecule has 0 aliphatic heterocycles. The maximum Gasteiger partial charge on any atom is 0.296 e. The molecule has 2 nitrogen and oxygen atoms in total. The third-order valence-electron chi connectivity index (χ3n) is 2.74. The van der Waals surface area contributed by atoms with Crippen molar-refractivity contribution in [2.75, 3.05) is 0 Å². The van der Waals surface area contributed by atoms with Crippen LogP contribution in [0.3, 0.4) is 0 Å². The van der Waals surface area contributed by atoms with Crippen LogP contribution in [-0.2, 0) is 9.59 Å². The Morgan fingerprint density at radius 2 is 2.17 bits per heavy atom. The van der Waals surface area contributed by atoms with Crippen LogP contribution in [0.25, 0.3) is 0 Å². The van der Waals surface area contributed by atoms with Crippen LogP contribution < -0.4 is 0 Å². The lowest BCUT2D eigenvalue weighted by Gasteiger charge is -2.07. The number of carbonyl (C=O) groups excluding carboxylic acids is 2. The minimum absolute atomic E-state index is 0.0426. The monoisotopic (exact) mass is 174 g/mol. The van der Waals surface area contributed by atoms with Crippen LogP contribution in [-0.4, -0.2) is 18.0 Å². The molecule has 2 fully saturated rings. The number of Topliss-reactive ketones (excluding diaryl/α,β-unsaturated/α-hetero) is 2. The highest BCUT2D eigenvalue weighted by Crippen LogP contribution is 2.54.